The predicted octanol–water partition coefficient (Wildman–Crippen LogP) is 11.2. The molecular weight excluding hydrogens is 593 g/mol. The van der Waals surface area contributed by atoms with E-state index in [1.165, 1.54) is 36.5 Å². The van der Waals surface area contributed by atoms with Crippen molar-refractivity contribution in [3.8, 4) is 28.8 Å². The number of nitriles is 1. The molecule has 0 radical (unpaired) electrons. The van der Waals surface area contributed by atoms with Gasteiger partial charge in [-0.3, -0.25) is 4.57 Å². The lowest BCUT2D eigenvalue weighted by Crippen LogP contribution is -2.01. The normalized spacial score (nSPS) is 11.8. The van der Waals surface area contributed by atoms with Crippen molar-refractivity contribution in [2.45, 2.75) is 0 Å². The second-order valence-corrected chi connectivity index (χ2v) is 13.0. The number of nitrogens with zero attached hydrogens (tertiary/aromatic N) is 4. The van der Waals surface area contributed by atoms with Gasteiger partial charge in [-0.05, 0) is 66.7 Å². The zero-order chi connectivity index (χ0) is 31.1. The van der Waals surface area contributed by atoms with Crippen LogP contribution in [0, 0.1) is 11.3 Å². The third-order valence-corrected chi connectivity index (χ3v) is 10.5. The van der Waals surface area contributed by atoms with E-state index in [1.807, 2.05) is 12.1 Å². The Labute approximate surface area is 273 Å². The molecule has 0 N–H and O–H groups in total. The molecule has 0 fully saturated rings. The van der Waals surface area contributed by atoms with Crippen LogP contribution in [0.25, 0.3) is 86.5 Å². The van der Waals surface area contributed by atoms with Crippen LogP contribution in [0.4, 0.5) is 0 Å². The van der Waals surface area contributed by atoms with Gasteiger partial charge in [-0.25, -0.2) is 4.98 Å². The smallest absolute Gasteiger partial charge is 0.138 e. The minimum Gasteiger partial charge on any atom is -0.307 e. The molecule has 4 nitrogen and oxygen atoms in total. The van der Waals surface area contributed by atoms with Crippen LogP contribution in [0.1, 0.15) is 5.56 Å². The van der Waals surface area contributed by atoms with E-state index in [0.717, 1.165) is 50.1 Å². The summed E-state index contributed by atoms with van der Waals surface area (Å²) in [7, 11) is 0. The highest BCUT2D eigenvalue weighted by molar-refractivity contribution is 7.25. The Bertz CT molecular complexity index is 2920. The number of aromatic nitrogens is 3. The molecule has 6 aromatic carbocycles. The Morgan fingerprint density at radius 2 is 1.15 bits per heavy atom. The summed E-state index contributed by atoms with van der Waals surface area (Å²) in [6.45, 7) is 0. The summed E-state index contributed by atoms with van der Waals surface area (Å²) in [5.41, 5.74) is 8.35. The van der Waals surface area contributed by atoms with Gasteiger partial charge in [-0.15, -0.1) is 11.3 Å². The Hall–Kier alpha value is -6.22. The lowest BCUT2D eigenvalue weighted by atomic mass is 10.1. The van der Waals surface area contributed by atoms with Crippen molar-refractivity contribution in [3.63, 3.8) is 0 Å². The summed E-state index contributed by atoms with van der Waals surface area (Å²) >= 11 is 1.75. The van der Waals surface area contributed by atoms with Gasteiger partial charge in [0.25, 0.3) is 0 Å². The Morgan fingerprint density at radius 3 is 1.89 bits per heavy atom. The highest BCUT2D eigenvalue weighted by Crippen LogP contribution is 2.42. The van der Waals surface area contributed by atoms with Gasteiger partial charge in [-0.1, -0.05) is 78.9 Å². The molecule has 0 aliphatic heterocycles. The summed E-state index contributed by atoms with van der Waals surface area (Å²) in [6, 6.07) is 53.6. The van der Waals surface area contributed by atoms with Crippen LogP contribution in [0.3, 0.4) is 0 Å². The van der Waals surface area contributed by atoms with Gasteiger partial charge in [0.05, 0.1) is 39.4 Å². The summed E-state index contributed by atoms with van der Waals surface area (Å²) in [5.74, 6) is 0.869. The van der Waals surface area contributed by atoms with Crippen molar-refractivity contribution >= 4 is 75.1 Å². The molecule has 0 aliphatic carbocycles. The maximum Gasteiger partial charge on any atom is 0.138 e. The Morgan fingerprint density at radius 1 is 0.511 bits per heavy atom. The molecule has 0 amide bonds. The van der Waals surface area contributed by atoms with Crippen LogP contribution in [0.5, 0.6) is 0 Å². The van der Waals surface area contributed by atoms with Crippen molar-refractivity contribution in [1.29, 1.82) is 5.26 Å². The number of pyridine rings is 1. The molecule has 4 aromatic heterocycles. The third kappa shape index (κ3) is 3.77. The zero-order valence-electron chi connectivity index (χ0n) is 25.1. The number of thiophene rings is 1. The quantitative estimate of drug-likeness (QED) is 0.198. The number of rotatable bonds is 3. The van der Waals surface area contributed by atoms with E-state index >= 15 is 0 Å². The van der Waals surface area contributed by atoms with Gasteiger partial charge in [0, 0.05) is 53.0 Å². The first-order valence-corrected chi connectivity index (χ1v) is 16.4. The summed E-state index contributed by atoms with van der Waals surface area (Å²) in [5, 5.41) is 16.6. The van der Waals surface area contributed by atoms with Crippen molar-refractivity contribution in [1.82, 2.24) is 14.1 Å². The number of fused-ring (bicyclic) bond motifs is 10. The van der Waals surface area contributed by atoms with Gasteiger partial charge in [-0.2, -0.15) is 5.26 Å². The maximum atomic E-state index is 9.54. The molecule has 4 heterocycles. The molecule has 0 unspecified atom stereocenters. The second kappa shape index (κ2) is 9.89. The Balaban J connectivity index is 1.28. The fourth-order valence-corrected chi connectivity index (χ4v) is 8.37. The molecule has 0 saturated carbocycles. The van der Waals surface area contributed by atoms with Gasteiger partial charge in [0.1, 0.15) is 5.82 Å². The molecule has 0 aliphatic rings. The average molecular weight is 617 g/mol. The lowest BCUT2D eigenvalue weighted by molar-refractivity contribution is 1.08. The number of hydrogen-bond acceptors (Lipinski definition) is 3. The highest BCUT2D eigenvalue weighted by atomic mass is 32.1. The largest absolute Gasteiger partial charge is 0.307 e. The average Bonchev–Trinajstić information content (AvgIpc) is 3.79. The SMILES string of the molecule is N#Cc1ccc2sc3ccc(-c4cccc(-n5c6ccccc6c6ccc7c8ccccc8n(-c8ccccc8)c7c65)n4)cc3c2c1. The molecule has 0 spiro atoms. The first-order valence-electron chi connectivity index (χ1n) is 15.6. The Kier molecular flexibility index (Phi) is 5.48. The van der Waals surface area contributed by atoms with Crippen LogP contribution in [-0.4, -0.2) is 14.1 Å². The van der Waals surface area contributed by atoms with Crippen molar-refractivity contribution < 1.29 is 0 Å². The van der Waals surface area contributed by atoms with Crippen molar-refractivity contribution in [3.05, 3.63) is 151 Å². The van der Waals surface area contributed by atoms with E-state index in [0.29, 0.717) is 5.56 Å². The van der Waals surface area contributed by atoms with E-state index in [2.05, 4.69) is 149 Å². The molecule has 10 rings (SSSR count). The monoisotopic (exact) mass is 616 g/mol. The second-order valence-electron chi connectivity index (χ2n) is 11.9. The molecule has 47 heavy (non-hydrogen) atoms. The van der Waals surface area contributed by atoms with E-state index in [4.69, 9.17) is 4.98 Å². The molecule has 5 heteroatoms. The van der Waals surface area contributed by atoms with Crippen molar-refractivity contribution in [2.75, 3.05) is 0 Å². The van der Waals surface area contributed by atoms with Gasteiger partial charge >= 0.3 is 0 Å². The van der Waals surface area contributed by atoms with Gasteiger partial charge < -0.3 is 4.57 Å². The zero-order valence-corrected chi connectivity index (χ0v) is 25.9. The number of para-hydroxylation sites is 3. The molecular formula is C42H24N4S. The van der Waals surface area contributed by atoms with Crippen LogP contribution < -0.4 is 0 Å². The highest BCUT2D eigenvalue weighted by Gasteiger charge is 2.21. The van der Waals surface area contributed by atoms with Crippen molar-refractivity contribution in [2.24, 2.45) is 0 Å². The van der Waals surface area contributed by atoms with Crippen LogP contribution in [0.15, 0.2) is 146 Å². The molecule has 218 valence electrons. The first-order chi connectivity index (χ1) is 23.3. The molecule has 0 saturated heterocycles. The fraction of sp³-hybridized carbons (Fsp3) is 0. The first kappa shape index (κ1) is 26.0. The number of hydrogen-bond donors (Lipinski definition) is 0. The van der Waals surface area contributed by atoms with E-state index < -0.39 is 0 Å². The lowest BCUT2D eigenvalue weighted by Gasteiger charge is -2.13. The van der Waals surface area contributed by atoms with Gasteiger partial charge in [0.2, 0.25) is 0 Å². The summed E-state index contributed by atoms with van der Waals surface area (Å²) < 4.78 is 7.12. The topological polar surface area (TPSA) is 46.5 Å². The minimum atomic E-state index is 0.674. The molecule has 0 atom stereocenters. The summed E-state index contributed by atoms with van der Waals surface area (Å²) in [6.07, 6.45) is 0. The van der Waals surface area contributed by atoms with E-state index in [1.54, 1.807) is 11.3 Å². The number of benzene rings is 6. The van der Waals surface area contributed by atoms with E-state index in [9.17, 15) is 5.26 Å². The molecule has 10 aromatic rings. The predicted molar refractivity (Wildman–Crippen MR) is 196 cm³/mol. The maximum absolute atomic E-state index is 9.54. The fourth-order valence-electron chi connectivity index (χ4n) is 7.30. The van der Waals surface area contributed by atoms with Crippen LogP contribution >= 0.6 is 11.3 Å². The third-order valence-electron chi connectivity index (χ3n) is 9.34. The van der Waals surface area contributed by atoms with Crippen LogP contribution in [0.2, 0.25) is 0 Å². The molecule has 0 bridgehead atoms. The standard InChI is InChI=1S/C42H24N4S/c43-25-26-17-21-38-33(23-26)34-24-27(18-22-39(34)47-38)35-13-8-16-40(44-35)46-37-15-7-5-12-30(37)32-20-19-31-29-11-4-6-14-36(29)45(41(31)42(32)46)28-9-2-1-3-10-28/h1-24H. The minimum absolute atomic E-state index is 0.674. The summed E-state index contributed by atoms with van der Waals surface area (Å²) in [4.78, 5) is 5.36. The van der Waals surface area contributed by atoms with Gasteiger partial charge in [0.15, 0.2) is 0 Å². The van der Waals surface area contributed by atoms with Crippen LogP contribution in [-0.2, 0) is 0 Å². The van der Waals surface area contributed by atoms with E-state index in [-0.39, 0.29) is 0 Å².